The van der Waals surface area contributed by atoms with Crippen LogP contribution in [0.4, 0.5) is 0 Å². The maximum absolute atomic E-state index is 5.55. The van der Waals surface area contributed by atoms with Crippen LogP contribution in [0.25, 0.3) is 23.1 Å². The van der Waals surface area contributed by atoms with E-state index in [0.29, 0.717) is 0 Å². The fourth-order valence-electron chi connectivity index (χ4n) is 2.21. The summed E-state index contributed by atoms with van der Waals surface area (Å²) in [7, 11) is 5.97. The lowest BCUT2D eigenvalue weighted by molar-refractivity contribution is -0.688. The number of oxazole rings is 1. The molecule has 0 aliphatic carbocycles. The molecule has 3 rings (SSSR count). The van der Waals surface area contributed by atoms with E-state index in [0.717, 1.165) is 23.1 Å². The quantitative estimate of drug-likeness (QED) is 0.642. The number of imidazole rings is 1. The van der Waals surface area contributed by atoms with Crippen molar-refractivity contribution in [3.05, 3.63) is 43.1 Å². The Balaban J connectivity index is 2.21. The average Bonchev–Trinajstić information content (AvgIpc) is 2.99. The van der Waals surface area contributed by atoms with E-state index in [1.165, 1.54) is 0 Å². The van der Waals surface area contributed by atoms with Crippen molar-refractivity contribution >= 4 is 0 Å². The minimum absolute atomic E-state index is 0.818. The van der Waals surface area contributed by atoms with Crippen LogP contribution in [0.5, 0.6) is 0 Å². The fraction of sp³-hybridized carbons (Fsp3) is 0.214. The van der Waals surface area contributed by atoms with Gasteiger partial charge in [-0.3, -0.25) is 0 Å². The SMILES string of the molecule is Cn1ccnc1-c1cccc(-c2occ[n+]2C)[n+]1C. The smallest absolute Gasteiger partial charge is 0.402 e. The van der Waals surface area contributed by atoms with Gasteiger partial charge in [-0.1, -0.05) is 0 Å². The Morgan fingerprint density at radius 3 is 2.63 bits per heavy atom. The van der Waals surface area contributed by atoms with E-state index in [1.807, 2.05) is 54.8 Å². The Morgan fingerprint density at radius 2 is 2.00 bits per heavy atom. The maximum atomic E-state index is 5.55. The molecule has 96 valence electrons. The number of aryl methyl sites for hydroxylation is 2. The molecule has 0 radical (unpaired) electrons. The van der Waals surface area contributed by atoms with E-state index in [1.54, 1.807) is 12.5 Å². The van der Waals surface area contributed by atoms with E-state index in [4.69, 9.17) is 4.42 Å². The van der Waals surface area contributed by atoms with Gasteiger partial charge in [0.25, 0.3) is 0 Å². The molecule has 0 N–H and O–H groups in total. The molecule has 0 amide bonds. The summed E-state index contributed by atoms with van der Waals surface area (Å²) < 4.78 is 11.6. The first-order valence-corrected chi connectivity index (χ1v) is 6.08. The lowest BCUT2D eigenvalue weighted by Crippen LogP contribution is -2.39. The molecule has 5 heteroatoms. The third-order valence-corrected chi connectivity index (χ3v) is 3.28. The molecule has 0 fully saturated rings. The summed E-state index contributed by atoms with van der Waals surface area (Å²) >= 11 is 0. The second-order valence-electron chi connectivity index (χ2n) is 4.54. The molecule has 19 heavy (non-hydrogen) atoms. The first-order chi connectivity index (χ1) is 9.18. The minimum Gasteiger partial charge on any atom is -0.402 e. The molecule has 3 aromatic rings. The van der Waals surface area contributed by atoms with Crippen LogP contribution in [0.15, 0.2) is 47.5 Å². The molecule has 0 saturated carbocycles. The van der Waals surface area contributed by atoms with Crippen LogP contribution in [0, 0.1) is 0 Å². The second-order valence-corrected chi connectivity index (χ2v) is 4.54. The van der Waals surface area contributed by atoms with E-state index >= 15 is 0 Å². The number of aromatic nitrogens is 4. The number of hydrogen-bond donors (Lipinski definition) is 0. The van der Waals surface area contributed by atoms with Crippen molar-refractivity contribution in [2.45, 2.75) is 0 Å². The van der Waals surface area contributed by atoms with Crippen LogP contribution in [-0.2, 0) is 21.1 Å². The fourth-order valence-corrected chi connectivity index (χ4v) is 2.21. The number of hydrogen-bond acceptors (Lipinski definition) is 2. The van der Waals surface area contributed by atoms with Crippen molar-refractivity contribution in [1.82, 2.24) is 9.55 Å². The normalized spacial score (nSPS) is 10.9. The van der Waals surface area contributed by atoms with Gasteiger partial charge in [-0.15, -0.1) is 0 Å². The Bertz CT molecular complexity index is 668. The predicted molar refractivity (Wildman–Crippen MR) is 68.7 cm³/mol. The third kappa shape index (κ3) is 1.83. The van der Waals surface area contributed by atoms with Crippen molar-refractivity contribution < 1.29 is 13.6 Å². The Hall–Kier alpha value is -2.43. The lowest BCUT2D eigenvalue weighted by atomic mass is 10.2. The van der Waals surface area contributed by atoms with Gasteiger partial charge in [-0.05, 0) is 6.07 Å². The van der Waals surface area contributed by atoms with Gasteiger partial charge in [0.15, 0.2) is 6.26 Å². The van der Waals surface area contributed by atoms with Crippen LogP contribution in [0.3, 0.4) is 0 Å². The lowest BCUT2D eigenvalue weighted by Gasteiger charge is -2.02. The van der Waals surface area contributed by atoms with Gasteiger partial charge in [0.1, 0.15) is 14.1 Å². The van der Waals surface area contributed by atoms with Crippen molar-refractivity contribution in [2.24, 2.45) is 21.1 Å². The summed E-state index contributed by atoms with van der Waals surface area (Å²) in [4.78, 5) is 4.40. The van der Waals surface area contributed by atoms with E-state index in [2.05, 4.69) is 15.6 Å². The highest BCUT2D eigenvalue weighted by Gasteiger charge is 2.27. The maximum Gasteiger partial charge on any atom is 0.446 e. The van der Waals surface area contributed by atoms with Crippen LogP contribution < -0.4 is 9.13 Å². The van der Waals surface area contributed by atoms with Gasteiger partial charge in [0.05, 0.1) is 0 Å². The highest BCUT2D eigenvalue weighted by molar-refractivity contribution is 5.49. The molecule has 0 aliphatic heterocycles. The largest absolute Gasteiger partial charge is 0.446 e. The first-order valence-electron chi connectivity index (χ1n) is 6.08. The molecule has 0 aliphatic rings. The summed E-state index contributed by atoms with van der Waals surface area (Å²) in [6.45, 7) is 0. The monoisotopic (exact) mass is 256 g/mol. The molecular weight excluding hydrogens is 240 g/mol. The zero-order valence-electron chi connectivity index (χ0n) is 11.2. The summed E-state index contributed by atoms with van der Waals surface area (Å²) in [6.07, 6.45) is 7.31. The molecule has 0 atom stereocenters. The van der Waals surface area contributed by atoms with Gasteiger partial charge in [-0.2, -0.15) is 9.13 Å². The van der Waals surface area contributed by atoms with E-state index < -0.39 is 0 Å². The van der Waals surface area contributed by atoms with Crippen LogP contribution >= 0.6 is 0 Å². The van der Waals surface area contributed by atoms with Gasteiger partial charge < -0.3 is 8.98 Å². The van der Waals surface area contributed by atoms with Crippen molar-refractivity contribution in [3.63, 3.8) is 0 Å². The Kier molecular flexibility index (Phi) is 2.67. The topological polar surface area (TPSA) is 38.7 Å². The predicted octanol–water partition coefficient (Wildman–Crippen LogP) is 0.996. The molecule has 0 saturated heterocycles. The Labute approximate surface area is 111 Å². The second kappa shape index (κ2) is 4.35. The molecule has 0 aromatic carbocycles. The van der Waals surface area contributed by atoms with Crippen molar-refractivity contribution in [3.8, 4) is 23.1 Å². The van der Waals surface area contributed by atoms with Gasteiger partial charge in [0.2, 0.25) is 17.7 Å². The zero-order chi connectivity index (χ0) is 13.4. The van der Waals surface area contributed by atoms with E-state index in [9.17, 15) is 0 Å². The first kappa shape index (κ1) is 11.6. The van der Waals surface area contributed by atoms with Gasteiger partial charge in [-0.25, -0.2) is 4.98 Å². The molecule has 0 unspecified atom stereocenters. The average molecular weight is 256 g/mol. The van der Waals surface area contributed by atoms with Crippen LogP contribution in [0.1, 0.15) is 0 Å². The Morgan fingerprint density at radius 1 is 1.21 bits per heavy atom. The molecule has 3 aromatic heterocycles. The van der Waals surface area contributed by atoms with Crippen LogP contribution in [0.2, 0.25) is 0 Å². The van der Waals surface area contributed by atoms with Crippen molar-refractivity contribution in [1.29, 1.82) is 0 Å². The molecule has 0 bridgehead atoms. The molecule has 3 heterocycles. The zero-order valence-corrected chi connectivity index (χ0v) is 11.2. The van der Waals surface area contributed by atoms with Gasteiger partial charge >= 0.3 is 11.6 Å². The minimum atomic E-state index is 0.818. The molecule has 0 spiro atoms. The number of nitrogens with zero attached hydrogens (tertiary/aromatic N) is 4. The number of rotatable bonds is 2. The summed E-state index contributed by atoms with van der Waals surface area (Å²) in [6, 6.07) is 6.10. The van der Waals surface area contributed by atoms with Crippen LogP contribution in [-0.4, -0.2) is 9.55 Å². The van der Waals surface area contributed by atoms with Gasteiger partial charge in [0, 0.05) is 31.6 Å². The highest BCUT2D eigenvalue weighted by atomic mass is 16.3. The molecule has 5 nitrogen and oxygen atoms in total. The summed E-state index contributed by atoms with van der Waals surface area (Å²) in [5.74, 6) is 1.75. The standard InChI is InChI=1S/C14H16N4O/c1-16-8-7-15-13(16)11-5-4-6-12(18(11)3)14-17(2)9-10-19-14/h4-10H,1-3H3/q+2. The molecular formula is C14H16N4O+2. The van der Waals surface area contributed by atoms with E-state index in [-0.39, 0.29) is 0 Å². The van der Waals surface area contributed by atoms with Crippen molar-refractivity contribution in [2.75, 3.05) is 0 Å². The summed E-state index contributed by atoms with van der Waals surface area (Å²) in [5, 5.41) is 0. The summed E-state index contributed by atoms with van der Waals surface area (Å²) in [5.41, 5.74) is 2.05. The highest BCUT2D eigenvalue weighted by Crippen LogP contribution is 2.16. The third-order valence-electron chi connectivity index (χ3n) is 3.28. The number of pyridine rings is 1.